The zero-order chi connectivity index (χ0) is 15.5. The second-order valence-electron chi connectivity index (χ2n) is 4.78. The highest BCUT2D eigenvalue weighted by Crippen LogP contribution is 2.19. The minimum Gasteiger partial charge on any atom is -0.380 e. The van der Waals surface area contributed by atoms with Crippen LogP contribution in [-0.2, 0) is 6.54 Å². The van der Waals surface area contributed by atoms with Gasteiger partial charge in [-0.05, 0) is 41.1 Å². The highest BCUT2D eigenvalue weighted by Gasteiger charge is 2.05. The van der Waals surface area contributed by atoms with Crippen molar-refractivity contribution in [2.24, 2.45) is 0 Å². The maximum absolute atomic E-state index is 11.7. The van der Waals surface area contributed by atoms with Crippen LogP contribution >= 0.6 is 11.6 Å². The lowest BCUT2D eigenvalue weighted by atomic mass is 10.1. The van der Waals surface area contributed by atoms with Crippen molar-refractivity contribution in [3.63, 3.8) is 0 Å². The van der Waals surface area contributed by atoms with Gasteiger partial charge in [-0.15, -0.1) is 5.10 Å². The minimum absolute atomic E-state index is 0.161. The predicted molar refractivity (Wildman–Crippen MR) is 83.3 cm³/mol. The van der Waals surface area contributed by atoms with Crippen molar-refractivity contribution in [2.75, 3.05) is 5.32 Å². The van der Waals surface area contributed by atoms with Crippen LogP contribution in [0.2, 0.25) is 5.02 Å². The molecule has 22 heavy (non-hydrogen) atoms. The first kappa shape index (κ1) is 14.3. The van der Waals surface area contributed by atoms with Crippen LogP contribution < -0.4 is 10.9 Å². The number of nitrogens with one attached hydrogen (secondary N) is 2. The fourth-order valence-corrected chi connectivity index (χ4v) is 2.23. The van der Waals surface area contributed by atoms with E-state index in [2.05, 4.69) is 25.8 Å². The van der Waals surface area contributed by atoms with Gasteiger partial charge in [-0.3, -0.25) is 4.79 Å². The molecular formula is C14H13ClN6O. The number of nitrogens with zero attached hydrogens (tertiary/aromatic N) is 4. The molecule has 3 aromatic rings. The Hall–Kier alpha value is -2.67. The zero-order valence-corrected chi connectivity index (χ0v) is 12.5. The van der Waals surface area contributed by atoms with Crippen LogP contribution in [0.25, 0.3) is 5.69 Å². The van der Waals surface area contributed by atoms with E-state index >= 15 is 0 Å². The monoisotopic (exact) mass is 316 g/mol. The fourth-order valence-electron chi connectivity index (χ4n) is 2.05. The Labute approximate surface area is 130 Å². The highest BCUT2D eigenvalue weighted by atomic mass is 35.5. The molecule has 0 amide bonds. The van der Waals surface area contributed by atoms with E-state index in [1.165, 1.54) is 12.5 Å². The molecule has 0 bridgehead atoms. The largest absolute Gasteiger partial charge is 0.380 e. The minimum atomic E-state index is -0.161. The third-order valence-electron chi connectivity index (χ3n) is 3.25. The van der Waals surface area contributed by atoms with Crippen LogP contribution in [0.1, 0.15) is 11.1 Å². The number of halogens is 1. The average molecular weight is 317 g/mol. The van der Waals surface area contributed by atoms with E-state index in [0.717, 1.165) is 16.9 Å². The molecular weight excluding hydrogens is 304 g/mol. The number of rotatable bonds is 4. The fraction of sp³-hybridized carbons (Fsp3) is 0.143. The van der Waals surface area contributed by atoms with Gasteiger partial charge in [0.15, 0.2) is 0 Å². The van der Waals surface area contributed by atoms with Crippen LogP contribution in [-0.4, -0.2) is 25.2 Å². The van der Waals surface area contributed by atoms with Crippen LogP contribution in [0.3, 0.4) is 0 Å². The van der Waals surface area contributed by atoms with Gasteiger partial charge in [0, 0.05) is 24.0 Å². The van der Waals surface area contributed by atoms with Crippen LogP contribution in [0, 0.1) is 6.92 Å². The molecule has 112 valence electrons. The molecule has 2 aromatic heterocycles. The van der Waals surface area contributed by atoms with E-state index in [4.69, 9.17) is 11.6 Å². The van der Waals surface area contributed by atoms with E-state index in [9.17, 15) is 4.79 Å². The Morgan fingerprint density at radius 2 is 2.23 bits per heavy atom. The molecule has 0 radical (unpaired) electrons. The summed E-state index contributed by atoms with van der Waals surface area (Å²) < 4.78 is 1.57. The van der Waals surface area contributed by atoms with Gasteiger partial charge < -0.3 is 10.3 Å². The van der Waals surface area contributed by atoms with Crippen molar-refractivity contribution in [3.05, 3.63) is 63.3 Å². The van der Waals surface area contributed by atoms with Gasteiger partial charge in [-0.25, -0.2) is 4.68 Å². The predicted octanol–water partition coefficient (Wildman–Crippen LogP) is 1.92. The molecule has 2 N–H and O–H groups in total. The van der Waals surface area contributed by atoms with Gasteiger partial charge in [0.25, 0.3) is 5.56 Å². The quantitative estimate of drug-likeness (QED) is 0.767. The molecule has 0 saturated carbocycles. The second kappa shape index (κ2) is 5.98. The summed E-state index contributed by atoms with van der Waals surface area (Å²) in [7, 11) is 0. The van der Waals surface area contributed by atoms with Gasteiger partial charge in [0.05, 0.1) is 10.7 Å². The number of benzene rings is 1. The Morgan fingerprint density at radius 1 is 1.36 bits per heavy atom. The SMILES string of the molecule is Cc1ccc(-n2cnnn2)cc1NCc1cc(Cl)c[nH]c1=O. The number of aromatic amines is 1. The van der Waals surface area contributed by atoms with E-state index in [-0.39, 0.29) is 5.56 Å². The second-order valence-corrected chi connectivity index (χ2v) is 5.22. The lowest BCUT2D eigenvalue weighted by Crippen LogP contribution is -2.15. The maximum Gasteiger partial charge on any atom is 0.253 e. The van der Waals surface area contributed by atoms with Crippen LogP contribution in [0.15, 0.2) is 41.6 Å². The standard InChI is InChI=1S/C14H13ClN6O/c1-9-2-3-12(21-8-18-19-20-21)5-13(9)16-6-10-4-11(15)7-17-14(10)22/h2-5,7-8,16H,6H2,1H3,(H,17,22). The van der Waals surface area contributed by atoms with E-state index in [1.807, 2.05) is 25.1 Å². The van der Waals surface area contributed by atoms with Gasteiger partial charge in [-0.1, -0.05) is 17.7 Å². The molecule has 0 spiro atoms. The molecule has 0 aliphatic carbocycles. The molecule has 0 saturated heterocycles. The first-order valence-electron chi connectivity index (χ1n) is 6.58. The van der Waals surface area contributed by atoms with Crippen molar-refractivity contribution in [2.45, 2.75) is 13.5 Å². The topological polar surface area (TPSA) is 88.5 Å². The van der Waals surface area contributed by atoms with Crippen LogP contribution in [0.4, 0.5) is 5.69 Å². The molecule has 0 fully saturated rings. The van der Waals surface area contributed by atoms with Crippen molar-refractivity contribution in [3.8, 4) is 5.69 Å². The number of H-pyrrole nitrogens is 1. The normalized spacial score (nSPS) is 10.6. The number of aromatic nitrogens is 5. The van der Waals surface area contributed by atoms with Crippen molar-refractivity contribution < 1.29 is 0 Å². The van der Waals surface area contributed by atoms with E-state index in [0.29, 0.717) is 17.1 Å². The molecule has 3 rings (SSSR count). The molecule has 0 atom stereocenters. The molecule has 0 unspecified atom stereocenters. The summed E-state index contributed by atoms with van der Waals surface area (Å²) in [5, 5.41) is 14.8. The third kappa shape index (κ3) is 2.99. The first-order valence-corrected chi connectivity index (χ1v) is 6.96. The lowest BCUT2D eigenvalue weighted by molar-refractivity contribution is 0.789. The lowest BCUT2D eigenvalue weighted by Gasteiger charge is -2.11. The molecule has 1 aromatic carbocycles. The van der Waals surface area contributed by atoms with Crippen molar-refractivity contribution in [1.29, 1.82) is 0 Å². The van der Waals surface area contributed by atoms with Gasteiger partial charge in [0.1, 0.15) is 6.33 Å². The Balaban J connectivity index is 1.84. The third-order valence-corrected chi connectivity index (χ3v) is 3.47. The number of hydrogen-bond acceptors (Lipinski definition) is 5. The summed E-state index contributed by atoms with van der Waals surface area (Å²) in [6.07, 6.45) is 2.99. The summed E-state index contributed by atoms with van der Waals surface area (Å²) in [5.41, 5.74) is 3.19. The number of hydrogen-bond donors (Lipinski definition) is 2. The van der Waals surface area contributed by atoms with Gasteiger partial charge in [0.2, 0.25) is 0 Å². The van der Waals surface area contributed by atoms with Crippen LogP contribution in [0.5, 0.6) is 0 Å². The first-order chi connectivity index (χ1) is 10.6. The summed E-state index contributed by atoms with van der Waals surface area (Å²) in [4.78, 5) is 14.3. The Morgan fingerprint density at radius 3 is 3.00 bits per heavy atom. The van der Waals surface area contributed by atoms with Crippen molar-refractivity contribution >= 4 is 17.3 Å². The number of tetrazole rings is 1. The summed E-state index contributed by atoms with van der Waals surface area (Å²) in [5.74, 6) is 0. The summed E-state index contributed by atoms with van der Waals surface area (Å²) in [6, 6.07) is 7.45. The van der Waals surface area contributed by atoms with Crippen molar-refractivity contribution in [1.82, 2.24) is 25.2 Å². The zero-order valence-electron chi connectivity index (χ0n) is 11.7. The average Bonchev–Trinajstić information content (AvgIpc) is 3.04. The Kier molecular flexibility index (Phi) is 3.88. The summed E-state index contributed by atoms with van der Waals surface area (Å²) >= 11 is 5.90. The highest BCUT2D eigenvalue weighted by molar-refractivity contribution is 6.30. The number of pyridine rings is 1. The molecule has 0 aliphatic rings. The smallest absolute Gasteiger partial charge is 0.253 e. The molecule has 0 aliphatic heterocycles. The molecule has 2 heterocycles. The van der Waals surface area contributed by atoms with Gasteiger partial charge >= 0.3 is 0 Å². The van der Waals surface area contributed by atoms with Gasteiger partial charge in [-0.2, -0.15) is 0 Å². The molecule has 7 nitrogen and oxygen atoms in total. The molecule has 8 heteroatoms. The maximum atomic E-state index is 11.7. The Bertz CT molecular complexity index is 843. The number of aryl methyl sites for hydroxylation is 1. The van der Waals surface area contributed by atoms with E-state index in [1.54, 1.807) is 10.7 Å². The van der Waals surface area contributed by atoms with E-state index < -0.39 is 0 Å². The summed E-state index contributed by atoms with van der Waals surface area (Å²) in [6.45, 7) is 2.35. The number of anilines is 1.